The average Bonchev–Trinajstić information content (AvgIpc) is 3.06. The molecule has 37 heavy (non-hydrogen) atoms. The summed E-state index contributed by atoms with van der Waals surface area (Å²) in [4.78, 5) is 30.7. The van der Waals surface area contributed by atoms with Crippen LogP contribution in [0, 0.1) is 6.92 Å². The van der Waals surface area contributed by atoms with Crippen molar-refractivity contribution in [1.29, 1.82) is 0 Å². The van der Waals surface area contributed by atoms with Gasteiger partial charge in [-0.2, -0.15) is 0 Å². The van der Waals surface area contributed by atoms with E-state index in [1.165, 1.54) is 7.11 Å². The summed E-state index contributed by atoms with van der Waals surface area (Å²) >= 11 is 6.39. The second-order valence-corrected chi connectivity index (χ2v) is 10.2. The van der Waals surface area contributed by atoms with Crippen molar-refractivity contribution in [3.8, 4) is 5.75 Å². The molecule has 7 heteroatoms. The van der Waals surface area contributed by atoms with E-state index >= 15 is 0 Å². The molecule has 1 unspecified atom stereocenters. The summed E-state index contributed by atoms with van der Waals surface area (Å²) in [6.45, 7) is 3.48. The maximum Gasteiger partial charge on any atom is 0.262 e. The third-order valence-corrected chi connectivity index (χ3v) is 7.14. The molecule has 1 N–H and O–H groups in total. The molecule has 4 rings (SSSR count). The molecular formula is C30H34ClN3O3. The minimum absolute atomic E-state index is 0.134. The number of carbonyl (C=O) groups excluding carboxylic acids is 2. The number of methoxy groups -OCH3 is 1. The van der Waals surface area contributed by atoms with Gasteiger partial charge in [0, 0.05) is 34.6 Å². The molecule has 0 aliphatic carbocycles. The summed E-state index contributed by atoms with van der Waals surface area (Å²) in [5, 5.41) is 3.59. The van der Waals surface area contributed by atoms with E-state index in [1.54, 1.807) is 24.3 Å². The van der Waals surface area contributed by atoms with Gasteiger partial charge in [-0.05, 0) is 100 Å². The van der Waals surface area contributed by atoms with Crippen molar-refractivity contribution in [3.05, 3.63) is 87.9 Å². The summed E-state index contributed by atoms with van der Waals surface area (Å²) in [6, 6.07) is 18.4. The molecular weight excluding hydrogens is 486 g/mol. The number of amides is 2. The number of ether oxygens (including phenoxy) is 1. The first-order valence-corrected chi connectivity index (χ1v) is 13.0. The fourth-order valence-corrected chi connectivity index (χ4v) is 5.09. The summed E-state index contributed by atoms with van der Waals surface area (Å²) in [6.07, 6.45) is 2.88. The molecule has 0 bridgehead atoms. The molecule has 0 saturated heterocycles. The zero-order valence-electron chi connectivity index (χ0n) is 21.9. The van der Waals surface area contributed by atoms with Crippen LogP contribution in [-0.2, 0) is 0 Å². The second kappa shape index (κ2) is 11.8. The van der Waals surface area contributed by atoms with Gasteiger partial charge in [-0.15, -0.1) is 0 Å². The van der Waals surface area contributed by atoms with Crippen LogP contribution in [-0.4, -0.2) is 51.0 Å². The quantitative estimate of drug-likeness (QED) is 0.393. The fraction of sp³-hybridized carbons (Fsp3) is 0.333. The third kappa shape index (κ3) is 6.14. The monoisotopic (exact) mass is 519 g/mol. The predicted molar refractivity (Wildman–Crippen MR) is 150 cm³/mol. The number of halogens is 1. The van der Waals surface area contributed by atoms with Crippen LogP contribution in [0.15, 0.2) is 60.7 Å². The lowest BCUT2D eigenvalue weighted by Gasteiger charge is -2.26. The van der Waals surface area contributed by atoms with Gasteiger partial charge in [-0.25, -0.2) is 0 Å². The van der Waals surface area contributed by atoms with Gasteiger partial charge in [0.15, 0.2) is 0 Å². The first-order valence-electron chi connectivity index (χ1n) is 12.6. The highest BCUT2D eigenvalue weighted by Gasteiger charge is 2.29. The Labute approximate surface area is 224 Å². The zero-order chi connectivity index (χ0) is 26.5. The van der Waals surface area contributed by atoms with Crippen LogP contribution in [0.25, 0.3) is 0 Å². The molecule has 1 heterocycles. The molecule has 0 aromatic heterocycles. The van der Waals surface area contributed by atoms with E-state index in [2.05, 4.69) is 24.3 Å². The summed E-state index contributed by atoms with van der Waals surface area (Å²) in [5.74, 6) is 0.401. The van der Waals surface area contributed by atoms with Crippen LogP contribution >= 0.6 is 11.6 Å². The Morgan fingerprint density at radius 3 is 2.59 bits per heavy atom. The number of aryl methyl sites for hydroxylation is 1. The van der Waals surface area contributed by atoms with Gasteiger partial charge in [0.05, 0.1) is 12.7 Å². The Bertz CT molecular complexity index is 1290. The summed E-state index contributed by atoms with van der Waals surface area (Å²) < 4.78 is 5.61. The molecule has 0 fully saturated rings. The second-order valence-electron chi connectivity index (χ2n) is 9.78. The third-order valence-electron chi connectivity index (χ3n) is 6.90. The normalized spacial score (nSPS) is 15.2. The van der Waals surface area contributed by atoms with Crippen molar-refractivity contribution >= 4 is 34.8 Å². The highest BCUT2D eigenvalue weighted by molar-refractivity contribution is 6.30. The number of nitrogens with zero attached hydrogens (tertiary/aromatic N) is 2. The van der Waals surface area contributed by atoms with Gasteiger partial charge in [-0.3, -0.25) is 9.59 Å². The van der Waals surface area contributed by atoms with Gasteiger partial charge in [0.1, 0.15) is 5.75 Å². The Hall–Kier alpha value is -3.35. The lowest BCUT2D eigenvalue weighted by Crippen LogP contribution is -2.32. The van der Waals surface area contributed by atoms with Crippen molar-refractivity contribution in [2.75, 3.05) is 44.5 Å². The predicted octanol–water partition coefficient (Wildman–Crippen LogP) is 6.39. The molecule has 0 radical (unpaired) electrons. The van der Waals surface area contributed by atoms with Crippen LogP contribution in [0.3, 0.4) is 0 Å². The van der Waals surface area contributed by atoms with Crippen LogP contribution in [0.2, 0.25) is 5.02 Å². The Kier molecular flexibility index (Phi) is 8.52. The number of rotatable bonds is 7. The lowest BCUT2D eigenvalue weighted by atomic mass is 9.91. The number of fused-ring (bicyclic) bond motifs is 1. The average molecular weight is 520 g/mol. The van der Waals surface area contributed by atoms with E-state index in [1.807, 2.05) is 48.2 Å². The van der Waals surface area contributed by atoms with E-state index in [4.69, 9.17) is 16.3 Å². The van der Waals surface area contributed by atoms with Gasteiger partial charge < -0.3 is 19.9 Å². The number of anilines is 2. The number of carbonyl (C=O) groups is 2. The molecule has 6 nitrogen and oxygen atoms in total. The first kappa shape index (κ1) is 26.7. The molecule has 3 aromatic rings. The lowest BCUT2D eigenvalue weighted by molar-refractivity contribution is 0.0983. The molecule has 1 atom stereocenters. The largest absolute Gasteiger partial charge is 0.496 e. The summed E-state index contributed by atoms with van der Waals surface area (Å²) in [7, 11) is 5.68. The molecule has 1 aliphatic heterocycles. The van der Waals surface area contributed by atoms with E-state index in [-0.39, 0.29) is 11.8 Å². The molecule has 1 aliphatic rings. The van der Waals surface area contributed by atoms with Crippen LogP contribution < -0.4 is 15.0 Å². The standard InChI is InChI=1S/C30H34ClN3O3/c1-20-8-5-6-10-24(20)29(35)32-23-12-13-25(28(19-23)37-4)30(36)34-16-7-9-21(15-17-33(2)3)26-18-22(31)11-14-27(26)34/h5-6,8,10-14,18-19,21H,7,9,15-17H2,1-4H3,(H,32,35). The van der Waals surface area contributed by atoms with Crippen molar-refractivity contribution in [3.63, 3.8) is 0 Å². The van der Waals surface area contributed by atoms with Crippen LogP contribution in [0.5, 0.6) is 5.75 Å². The maximum absolute atomic E-state index is 13.9. The number of hydrogen-bond donors (Lipinski definition) is 1. The molecule has 2 amide bonds. The molecule has 0 saturated carbocycles. The minimum Gasteiger partial charge on any atom is -0.496 e. The Balaban J connectivity index is 1.62. The molecule has 194 valence electrons. The van der Waals surface area contributed by atoms with E-state index in [9.17, 15) is 9.59 Å². The number of nitrogens with one attached hydrogen (secondary N) is 1. The Morgan fingerprint density at radius 1 is 1.08 bits per heavy atom. The van der Waals surface area contributed by atoms with Crippen molar-refractivity contribution < 1.29 is 14.3 Å². The van der Waals surface area contributed by atoms with Crippen molar-refractivity contribution in [1.82, 2.24) is 4.90 Å². The summed E-state index contributed by atoms with van der Waals surface area (Å²) in [5.41, 5.74) is 4.52. The van der Waals surface area contributed by atoms with Gasteiger partial charge in [0.25, 0.3) is 11.8 Å². The topological polar surface area (TPSA) is 61.9 Å². The van der Waals surface area contributed by atoms with Gasteiger partial charge >= 0.3 is 0 Å². The fourth-order valence-electron chi connectivity index (χ4n) is 4.91. The van der Waals surface area contributed by atoms with Gasteiger partial charge in [-0.1, -0.05) is 29.8 Å². The van der Waals surface area contributed by atoms with Crippen molar-refractivity contribution in [2.24, 2.45) is 0 Å². The highest BCUT2D eigenvalue weighted by atomic mass is 35.5. The maximum atomic E-state index is 13.9. The van der Waals surface area contributed by atoms with E-state index < -0.39 is 0 Å². The van der Waals surface area contributed by atoms with Crippen LogP contribution in [0.4, 0.5) is 11.4 Å². The minimum atomic E-state index is -0.207. The number of benzene rings is 3. The van der Waals surface area contributed by atoms with E-state index in [0.717, 1.165) is 42.6 Å². The Morgan fingerprint density at radius 2 is 1.86 bits per heavy atom. The van der Waals surface area contributed by atoms with Crippen LogP contribution in [0.1, 0.15) is 57.0 Å². The number of hydrogen-bond acceptors (Lipinski definition) is 4. The smallest absolute Gasteiger partial charge is 0.262 e. The first-order chi connectivity index (χ1) is 17.8. The zero-order valence-corrected chi connectivity index (χ0v) is 22.6. The van der Waals surface area contributed by atoms with Gasteiger partial charge in [0.2, 0.25) is 0 Å². The molecule has 0 spiro atoms. The highest BCUT2D eigenvalue weighted by Crippen LogP contribution is 2.39. The SMILES string of the molecule is COc1cc(NC(=O)c2ccccc2C)ccc1C(=O)N1CCCC(CCN(C)C)c2cc(Cl)ccc21. The van der Waals surface area contributed by atoms with Crippen molar-refractivity contribution in [2.45, 2.75) is 32.1 Å². The van der Waals surface area contributed by atoms with E-state index in [0.29, 0.717) is 40.0 Å². The molecule has 3 aromatic carbocycles.